The molecule has 1 heterocycles. The molecule has 0 aliphatic rings. The van der Waals surface area contributed by atoms with Crippen LogP contribution >= 0.6 is 22.6 Å². The van der Waals surface area contributed by atoms with Gasteiger partial charge in [0.1, 0.15) is 5.69 Å². The van der Waals surface area contributed by atoms with Crippen molar-refractivity contribution in [2.75, 3.05) is 6.61 Å². The van der Waals surface area contributed by atoms with E-state index in [0.717, 1.165) is 6.20 Å². The van der Waals surface area contributed by atoms with Crippen LogP contribution in [0.25, 0.3) is 0 Å². The van der Waals surface area contributed by atoms with Crippen LogP contribution in [0.5, 0.6) is 0 Å². The molecule has 0 atom stereocenters. The predicted molar refractivity (Wildman–Crippen MR) is 57.9 cm³/mol. The second-order valence-electron chi connectivity index (χ2n) is 2.61. The molecular formula is C9H8F2INO2. The van der Waals surface area contributed by atoms with Crippen molar-refractivity contribution in [1.82, 2.24) is 4.98 Å². The third kappa shape index (κ3) is 3.08. The number of halogens is 3. The summed E-state index contributed by atoms with van der Waals surface area (Å²) in [6.07, 6.45) is -1.52. The first kappa shape index (κ1) is 12.3. The fourth-order valence-electron chi connectivity index (χ4n) is 0.924. The van der Waals surface area contributed by atoms with Crippen molar-refractivity contribution in [1.29, 1.82) is 0 Å². The van der Waals surface area contributed by atoms with Gasteiger partial charge in [-0.2, -0.15) is 0 Å². The molecule has 0 bridgehead atoms. The number of carbonyl (C=O) groups is 1. The maximum absolute atomic E-state index is 12.2. The lowest BCUT2D eigenvalue weighted by atomic mass is 10.2. The SMILES string of the molecule is CCOC(=O)c1cnc(C(F)F)cc1I. The molecule has 0 saturated heterocycles. The molecule has 0 spiro atoms. The second-order valence-corrected chi connectivity index (χ2v) is 3.77. The van der Waals surface area contributed by atoms with Crippen molar-refractivity contribution in [2.24, 2.45) is 0 Å². The van der Waals surface area contributed by atoms with Crippen LogP contribution in [-0.4, -0.2) is 17.6 Å². The number of aromatic nitrogens is 1. The first-order valence-electron chi connectivity index (χ1n) is 4.17. The summed E-state index contributed by atoms with van der Waals surface area (Å²) in [7, 11) is 0. The second kappa shape index (κ2) is 5.34. The van der Waals surface area contributed by atoms with Crippen molar-refractivity contribution < 1.29 is 18.3 Å². The van der Waals surface area contributed by atoms with Gasteiger partial charge >= 0.3 is 5.97 Å². The Hall–Kier alpha value is -0.790. The Kier molecular flexibility index (Phi) is 4.37. The third-order valence-electron chi connectivity index (χ3n) is 1.59. The molecule has 0 aliphatic heterocycles. The van der Waals surface area contributed by atoms with Crippen molar-refractivity contribution in [3.63, 3.8) is 0 Å². The van der Waals surface area contributed by atoms with E-state index in [1.165, 1.54) is 6.07 Å². The van der Waals surface area contributed by atoms with Crippen LogP contribution in [0, 0.1) is 3.57 Å². The van der Waals surface area contributed by atoms with E-state index in [1.54, 1.807) is 29.5 Å². The first-order valence-corrected chi connectivity index (χ1v) is 5.24. The van der Waals surface area contributed by atoms with Crippen molar-refractivity contribution in [3.8, 4) is 0 Å². The van der Waals surface area contributed by atoms with E-state index in [0.29, 0.717) is 3.57 Å². The highest BCUT2D eigenvalue weighted by Gasteiger charge is 2.15. The lowest BCUT2D eigenvalue weighted by Crippen LogP contribution is -2.08. The molecular weight excluding hydrogens is 319 g/mol. The molecule has 1 aromatic rings. The summed E-state index contributed by atoms with van der Waals surface area (Å²) in [5, 5.41) is 0. The number of pyridine rings is 1. The van der Waals surface area contributed by atoms with Crippen LogP contribution in [0.4, 0.5) is 8.78 Å². The zero-order valence-corrected chi connectivity index (χ0v) is 9.99. The molecule has 3 nitrogen and oxygen atoms in total. The lowest BCUT2D eigenvalue weighted by Gasteiger charge is -2.05. The molecule has 0 saturated carbocycles. The van der Waals surface area contributed by atoms with Crippen LogP contribution in [-0.2, 0) is 4.74 Å². The minimum absolute atomic E-state index is 0.210. The zero-order chi connectivity index (χ0) is 11.4. The zero-order valence-electron chi connectivity index (χ0n) is 7.84. The standard InChI is InChI=1S/C9H8F2INO2/c1-2-15-9(14)5-4-13-7(8(10)11)3-6(5)12/h3-4,8H,2H2,1H3. The van der Waals surface area contributed by atoms with Crippen LogP contribution in [0.15, 0.2) is 12.3 Å². The van der Waals surface area contributed by atoms with E-state index in [9.17, 15) is 13.6 Å². The van der Waals surface area contributed by atoms with E-state index in [-0.39, 0.29) is 17.9 Å². The summed E-state index contributed by atoms with van der Waals surface area (Å²) in [5.74, 6) is -0.546. The minimum atomic E-state index is -2.63. The molecule has 0 aliphatic carbocycles. The highest BCUT2D eigenvalue weighted by Crippen LogP contribution is 2.20. The monoisotopic (exact) mass is 327 g/mol. The van der Waals surface area contributed by atoms with E-state index < -0.39 is 12.4 Å². The fraction of sp³-hybridized carbons (Fsp3) is 0.333. The average molecular weight is 327 g/mol. The number of hydrogen-bond acceptors (Lipinski definition) is 3. The van der Waals surface area contributed by atoms with E-state index in [2.05, 4.69) is 4.98 Å². The van der Waals surface area contributed by atoms with Gasteiger partial charge in [0.05, 0.1) is 12.2 Å². The Morgan fingerprint density at radius 1 is 1.67 bits per heavy atom. The van der Waals surface area contributed by atoms with Crippen molar-refractivity contribution in [3.05, 3.63) is 27.1 Å². The van der Waals surface area contributed by atoms with Gasteiger partial charge in [0, 0.05) is 9.77 Å². The van der Waals surface area contributed by atoms with Gasteiger partial charge in [-0.3, -0.25) is 4.98 Å². The molecule has 0 N–H and O–H groups in total. The number of esters is 1. The topological polar surface area (TPSA) is 39.2 Å². The third-order valence-corrected chi connectivity index (χ3v) is 2.49. The van der Waals surface area contributed by atoms with Crippen LogP contribution in [0.3, 0.4) is 0 Å². The molecule has 1 aromatic heterocycles. The van der Waals surface area contributed by atoms with Crippen LogP contribution < -0.4 is 0 Å². The summed E-state index contributed by atoms with van der Waals surface area (Å²) in [5.41, 5.74) is -0.130. The Morgan fingerprint density at radius 3 is 2.80 bits per heavy atom. The number of alkyl halides is 2. The average Bonchev–Trinajstić information content (AvgIpc) is 2.17. The number of carbonyl (C=O) groups excluding carboxylic acids is 1. The van der Waals surface area contributed by atoms with Crippen LogP contribution in [0.2, 0.25) is 0 Å². The predicted octanol–water partition coefficient (Wildman–Crippen LogP) is 2.80. The van der Waals surface area contributed by atoms with Gasteiger partial charge in [0.25, 0.3) is 6.43 Å². The van der Waals surface area contributed by atoms with Crippen molar-refractivity contribution in [2.45, 2.75) is 13.3 Å². The maximum Gasteiger partial charge on any atom is 0.340 e. The van der Waals surface area contributed by atoms with Gasteiger partial charge in [-0.15, -0.1) is 0 Å². The quantitative estimate of drug-likeness (QED) is 0.633. The van der Waals surface area contributed by atoms with Gasteiger partial charge in [0.2, 0.25) is 0 Å². The summed E-state index contributed by atoms with van der Waals surface area (Å²) in [4.78, 5) is 14.8. The van der Waals surface area contributed by atoms with E-state index in [1.807, 2.05) is 0 Å². The summed E-state index contributed by atoms with van der Waals surface area (Å²) in [6, 6.07) is 1.18. The van der Waals surface area contributed by atoms with Gasteiger partial charge in [0.15, 0.2) is 0 Å². The smallest absolute Gasteiger partial charge is 0.340 e. The largest absolute Gasteiger partial charge is 0.462 e. The van der Waals surface area contributed by atoms with Gasteiger partial charge in [-0.1, -0.05) is 0 Å². The Bertz CT molecular complexity index is 371. The lowest BCUT2D eigenvalue weighted by molar-refractivity contribution is 0.0524. The van der Waals surface area contributed by atoms with Crippen molar-refractivity contribution >= 4 is 28.6 Å². The van der Waals surface area contributed by atoms with Gasteiger partial charge in [-0.25, -0.2) is 13.6 Å². The van der Waals surface area contributed by atoms with Gasteiger partial charge < -0.3 is 4.74 Å². The van der Waals surface area contributed by atoms with Crippen LogP contribution in [0.1, 0.15) is 29.4 Å². The summed E-state index contributed by atoms with van der Waals surface area (Å²) in [6.45, 7) is 1.91. The molecule has 6 heteroatoms. The molecule has 82 valence electrons. The first-order chi connectivity index (χ1) is 7.06. The molecule has 15 heavy (non-hydrogen) atoms. The summed E-state index contributed by atoms with van der Waals surface area (Å²) >= 11 is 1.80. The number of ether oxygens (including phenoxy) is 1. The molecule has 0 fully saturated rings. The Morgan fingerprint density at radius 2 is 2.33 bits per heavy atom. The molecule has 1 rings (SSSR count). The molecule has 0 unspecified atom stereocenters. The molecule has 0 amide bonds. The number of hydrogen-bond donors (Lipinski definition) is 0. The molecule has 0 radical (unpaired) electrons. The fourth-order valence-corrected chi connectivity index (χ4v) is 1.60. The minimum Gasteiger partial charge on any atom is -0.462 e. The highest BCUT2D eigenvalue weighted by atomic mass is 127. The van der Waals surface area contributed by atoms with E-state index >= 15 is 0 Å². The van der Waals surface area contributed by atoms with E-state index in [4.69, 9.17) is 4.74 Å². The number of nitrogens with zero attached hydrogens (tertiary/aromatic N) is 1. The highest BCUT2D eigenvalue weighted by molar-refractivity contribution is 14.1. The normalized spacial score (nSPS) is 10.5. The Balaban J connectivity index is 2.98. The van der Waals surface area contributed by atoms with Gasteiger partial charge in [-0.05, 0) is 35.6 Å². The summed E-state index contributed by atoms with van der Waals surface area (Å²) < 4.78 is 29.6. The maximum atomic E-state index is 12.2. The Labute approximate surface area is 99.0 Å². The number of rotatable bonds is 3. The molecule has 0 aromatic carbocycles.